The Labute approximate surface area is 165 Å². The first-order valence-electron chi connectivity index (χ1n) is 8.51. The van der Waals surface area contributed by atoms with E-state index in [2.05, 4.69) is 60.5 Å². The first kappa shape index (κ1) is 17.3. The van der Waals surface area contributed by atoms with E-state index in [1.165, 1.54) is 11.1 Å². The van der Waals surface area contributed by atoms with Crippen LogP contribution in [0.1, 0.15) is 17.5 Å². The number of pyridine rings is 2. The lowest BCUT2D eigenvalue weighted by Crippen LogP contribution is -2.13. The van der Waals surface area contributed by atoms with Gasteiger partial charge in [-0.2, -0.15) is 0 Å². The van der Waals surface area contributed by atoms with Crippen molar-refractivity contribution >= 4 is 44.4 Å². The Morgan fingerprint density at radius 2 is 2.19 bits per heavy atom. The molecule has 3 aromatic heterocycles. The fourth-order valence-corrected chi connectivity index (χ4v) is 3.55. The summed E-state index contributed by atoms with van der Waals surface area (Å²) in [6.45, 7) is 0.853. The first-order valence-corrected chi connectivity index (χ1v) is 9.68. The van der Waals surface area contributed by atoms with Crippen molar-refractivity contribution in [3.05, 3.63) is 75.6 Å². The minimum atomic E-state index is 0.455. The third-order valence-electron chi connectivity index (χ3n) is 4.49. The van der Waals surface area contributed by atoms with Crippen molar-refractivity contribution in [2.24, 2.45) is 5.92 Å². The summed E-state index contributed by atoms with van der Waals surface area (Å²) in [7, 11) is 0. The van der Waals surface area contributed by atoms with Crippen LogP contribution in [-0.4, -0.2) is 21.5 Å². The fraction of sp³-hybridized carbons (Fsp3) is 0.200. The minimum Gasteiger partial charge on any atom is -0.369 e. The second-order valence-corrected chi connectivity index (χ2v) is 7.77. The number of aromatic nitrogens is 3. The van der Waals surface area contributed by atoms with Crippen molar-refractivity contribution in [3.63, 3.8) is 0 Å². The van der Waals surface area contributed by atoms with Crippen LogP contribution in [0.4, 0.5) is 5.82 Å². The number of halogens is 2. The van der Waals surface area contributed by atoms with E-state index < -0.39 is 0 Å². The summed E-state index contributed by atoms with van der Waals surface area (Å²) in [6, 6.07) is 6.25. The molecule has 2 N–H and O–H groups in total. The van der Waals surface area contributed by atoms with Crippen LogP contribution >= 0.6 is 27.5 Å². The van der Waals surface area contributed by atoms with Crippen molar-refractivity contribution in [2.75, 3.05) is 11.9 Å². The highest BCUT2D eigenvalue weighted by Gasteiger charge is 2.09. The van der Waals surface area contributed by atoms with E-state index in [0.717, 1.165) is 45.7 Å². The molecular formula is C20H18BrClN4. The molecule has 132 valence electrons. The predicted molar refractivity (Wildman–Crippen MR) is 111 cm³/mol. The van der Waals surface area contributed by atoms with Gasteiger partial charge < -0.3 is 10.3 Å². The normalized spacial score (nSPS) is 16.7. The van der Waals surface area contributed by atoms with E-state index in [1.807, 2.05) is 24.5 Å². The summed E-state index contributed by atoms with van der Waals surface area (Å²) in [5.41, 5.74) is 3.29. The number of aromatic amines is 1. The van der Waals surface area contributed by atoms with Gasteiger partial charge in [0.05, 0.1) is 0 Å². The van der Waals surface area contributed by atoms with Crippen molar-refractivity contribution in [2.45, 2.75) is 12.8 Å². The minimum absolute atomic E-state index is 0.455. The second kappa shape index (κ2) is 7.64. The van der Waals surface area contributed by atoms with Gasteiger partial charge in [-0.05, 0) is 57.6 Å². The van der Waals surface area contributed by atoms with Crippen LogP contribution in [0.2, 0.25) is 0 Å². The quantitative estimate of drug-likeness (QED) is 0.569. The van der Waals surface area contributed by atoms with E-state index in [9.17, 15) is 0 Å². The molecule has 26 heavy (non-hydrogen) atoms. The highest BCUT2D eigenvalue weighted by Crippen LogP contribution is 2.23. The van der Waals surface area contributed by atoms with Crippen molar-refractivity contribution < 1.29 is 0 Å². The molecule has 0 saturated carbocycles. The molecule has 4 rings (SSSR count). The highest BCUT2D eigenvalue weighted by molar-refractivity contribution is 9.10. The Bertz CT molecular complexity index is 975. The number of anilines is 1. The fourth-order valence-electron chi connectivity index (χ4n) is 3.06. The molecule has 1 aliphatic carbocycles. The summed E-state index contributed by atoms with van der Waals surface area (Å²) in [5, 5.41) is 5.35. The maximum absolute atomic E-state index is 5.95. The first-order chi connectivity index (χ1) is 12.7. The van der Waals surface area contributed by atoms with Crippen molar-refractivity contribution in [1.82, 2.24) is 15.0 Å². The standard InChI is InChI=1S/C20H18BrClN4/c21-16-8-18-15(11-25-20(18)26-12-16)7-14-3-6-19(24-10-14)23-9-13-1-4-17(22)5-2-13/h1,3-6,8,10-13H,2,7,9H2,(H,23,24)(H,25,26). The maximum Gasteiger partial charge on any atom is 0.137 e. The molecular weight excluding hydrogens is 412 g/mol. The van der Waals surface area contributed by atoms with Gasteiger partial charge in [-0.15, -0.1) is 0 Å². The molecule has 3 aromatic rings. The van der Waals surface area contributed by atoms with Crippen LogP contribution in [0.5, 0.6) is 0 Å². The molecule has 0 radical (unpaired) electrons. The average molecular weight is 430 g/mol. The Hall–Kier alpha value is -2.11. The Morgan fingerprint density at radius 3 is 2.96 bits per heavy atom. The number of allylic oxidation sites excluding steroid dienone is 3. The third-order valence-corrected chi connectivity index (χ3v) is 5.21. The van der Waals surface area contributed by atoms with Crippen molar-refractivity contribution in [1.29, 1.82) is 0 Å². The van der Waals surface area contributed by atoms with Crippen LogP contribution < -0.4 is 5.32 Å². The summed E-state index contributed by atoms with van der Waals surface area (Å²) in [6.07, 6.45) is 13.7. The number of nitrogens with one attached hydrogen (secondary N) is 2. The smallest absolute Gasteiger partial charge is 0.137 e. The van der Waals surface area contributed by atoms with Crippen molar-refractivity contribution in [3.8, 4) is 0 Å². The number of fused-ring (bicyclic) bond motifs is 1. The number of hydrogen-bond donors (Lipinski definition) is 2. The largest absolute Gasteiger partial charge is 0.369 e. The topological polar surface area (TPSA) is 53.6 Å². The molecule has 0 spiro atoms. The number of H-pyrrole nitrogens is 1. The molecule has 1 aliphatic rings. The molecule has 1 unspecified atom stereocenters. The van der Waals surface area contributed by atoms with E-state index >= 15 is 0 Å². The molecule has 0 amide bonds. The monoisotopic (exact) mass is 428 g/mol. The zero-order valence-corrected chi connectivity index (χ0v) is 16.4. The lowest BCUT2D eigenvalue weighted by molar-refractivity contribution is 0.689. The average Bonchev–Trinajstić information content (AvgIpc) is 3.04. The van der Waals surface area contributed by atoms with Gasteiger partial charge >= 0.3 is 0 Å². The summed E-state index contributed by atoms with van der Waals surface area (Å²) >= 11 is 9.44. The van der Waals surface area contributed by atoms with Gasteiger partial charge in [0.1, 0.15) is 11.5 Å². The summed E-state index contributed by atoms with van der Waals surface area (Å²) < 4.78 is 0.983. The molecule has 0 aromatic carbocycles. The van der Waals surface area contributed by atoms with Gasteiger partial charge in [0.15, 0.2) is 0 Å². The van der Waals surface area contributed by atoms with E-state index in [-0.39, 0.29) is 0 Å². The van der Waals surface area contributed by atoms with Gasteiger partial charge in [0.2, 0.25) is 0 Å². The second-order valence-electron chi connectivity index (χ2n) is 6.42. The van der Waals surface area contributed by atoms with Gasteiger partial charge in [-0.25, -0.2) is 9.97 Å². The van der Waals surface area contributed by atoms with E-state index in [0.29, 0.717) is 5.92 Å². The van der Waals surface area contributed by atoms with Crippen LogP contribution in [0.15, 0.2) is 64.5 Å². The van der Waals surface area contributed by atoms with Gasteiger partial charge in [-0.3, -0.25) is 0 Å². The maximum atomic E-state index is 5.95. The van der Waals surface area contributed by atoms with Gasteiger partial charge in [0.25, 0.3) is 0 Å². The van der Waals surface area contributed by atoms with Gasteiger partial charge in [0, 0.05) is 46.4 Å². The van der Waals surface area contributed by atoms with Crippen LogP contribution in [0.3, 0.4) is 0 Å². The summed E-state index contributed by atoms with van der Waals surface area (Å²) in [5.74, 6) is 1.35. The summed E-state index contributed by atoms with van der Waals surface area (Å²) in [4.78, 5) is 12.2. The molecule has 1 atom stereocenters. The molecule has 0 fully saturated rings. The molecule has 0 saturated heterocycles. The van der Waals surface area contributed by atoms with E-state index in [1.54, 1.807) is 6.20 Å². The van der Waals surface area contributed by atoms with Gasteiger partial charge in [-0.1, -0.05) is 29.8 Å². The van der Waals surface area contributed by atoms with Crippen LogP contribution in [-0.2, 0) is 6.42 Å². The third kappa shape index (κ3) is 4.00. The molecule has 4 nitrogen and oxygen atoms in total. The number of hydrogen-bond acceptors (Lipinski definition) is 3. The lowest BCUT2D eigenvalue weighted by Gasteiger charge is -2.15. The molecule has 0 aliphatic heterocycles. The molecule has 6 heteroatoms. The van der Waals surface area contributed by atoms with Crippen LogP contribution in [0, 0.1) is 5.92 Å². The van der Waals surface area contributed by atoms with Crippen LogP contribution in [0.25, 0.3) is 11.0 Å². The molecule has 0 bridgehead atoms. The highest BCUT2D eigenvalue weighted by atomic mass is 79.9. The Kier molecular flexibility index (Phi) is 5.09. The zero-order chi connectivity index (χ0) is 17.9. The number of nitrogens with zero attached hydrogens (tertiary/aromatic N) is 2. The Morgan fingerprint density at radius 1 is 1.27 bits per heavy atom. The number of rotatable bonds is 5. The molecule has 3 heterocycles. The zero-order valence-electron chi connectivity index (χ0n) is 14.0. The predicted octanol–water partition coefficient (Wildman–Crippen LogP) is 5.42. The van der Waals surface area contributed by atoms with E-state index in [4.69, 9.17) is 11.6 Å². The SMILES string of the molecule is ClC1=CCC(CNc2ccc(Cc3c[nH]c4ncc(Br)cc34)cn2)C=C1. The Balaban J connectivity index is 1.39. The lowest BCUT2D eigenvalue weighted by atomic mass is 10.0.